The number of thiophene rings is 1. The molecule has 1 unspecified atom stereocenters. The Morgan fingerprint density at radius 3 is 2.55 bits per heavy atom. The van der Waals surface area contributed by atoms with Crippen LogP contribution in [0.15, 0.2) is 29.3 Å². The van der Waals surface area contributed by atoms with E-state index in [0.29, 0.717) is 4.88 Å². The lowest BCUT2D eigenvalue weighted by Gasteiger charge is -2.33. The maximum absolute atomic E-state index is 13.2. The molecule has 116 valence electrons. The predicted octanol–water partition coefficient (Wildman–Crippen LogP) is 3.76. The molecule has 0 fully saturated rings. The van der Waals surface area contributed by atoms with Gasteiger partial charge >= 0.3 is 12.9 Å². The van der Waals surface area contributed by atoms with Gasteiger partial charge in [0.15, 0.2) is 0 Å². The van der Waals surface area contributed by atoms with Crippen LogP contribution >= 0.6 is 18.9 Å². The average Bonchev–Trinajstić information content (AvgIpc) is 3.14. The van der Waals surface area contributed by atoms with Crippen LogP contribution in [0, 0.1) is 22.7 Å². The quantitative estimate of drug-likeness (QED) is 0.733. The lowest BCUT2D eigenvalue weighted by molar-refractivity contribution is 0.0988. The molecule has 2 rings (SSSR count). The summed E-state index contributed by atoms with van der Waals surface area (Å²) < 4.78 is 29.3. The smallest absolute Gasteiger partial charge is 0.389 e. The van der Waals surface area contributed by atoms with E-state index in [9.17, 15) is 15.1 Å². The van der Waals surface area contributed by atoms with Gasteiger partial charge in [-0.1, -0.05) is 6.07 Å². The van der Waals surface area contributed by atoms with Gasteiger partial charge < -0.3 is 13.8 Å². The third-order valence-corrected chi connectivity index (χ3v) is 6.60. The number of hydrogen-bond acceptors (Lipinski definition) is 7. The van der Waals surface area contributed by atoms with Crippen LogP contribution in [0.5, 0.6) is 0 Å². The fourth-order valence-corrected chi connectivity index (χ4v) is 5.36. The summed E-state index contributed by atoms with van der Waals surface area (Å²) in [6.45, 7) is 3.52. The van der Waals surface area contributed by atoms with Crippen molar-refractivity contribution in [1.29, 1.82) is 10.5 Å². The maximum Gasteiger partial charge on any atom is 0.389 e. The molecule has 0 saturated carbocycles. The number of nitrogens with zero attached hydrogens (tertiary/aromatic N) is 2. The van der Waals surface area contributed by atoms with Gasteiger partial charge in [0.05, 0.1) is 30.8 Å². The van der Waals surface area contributed by atoms with Gasteiger partial charge in [-0.05, 0) is 25.3 Å². The zero-order chi connectivity index (χ0) is 16.2. The summed E-state index contributed by atoms with van der Waals surface area (Å²) in [7, 11) is -3.93. The largest absolute Gasteiger partial charge is 0.466 e. The van der Waals surface area contributed by atoms with Gasteiger partial charge in [-0.25, -0.2) is 0 Å². The molecule has 2 atom stereocenters. The van der Waals surface area contributed by atoms with E-state index >= 15 is 0 Å². The van der Waals surface area contributed by atoms with Gasteiger partial charge in [0.1, 0.15) is 12.3 Å². The summed E-state index contributed by atoms with van der Waals surface area (Å²) in [5.41, 5.74) is 0.226. The van der Waals surface area contributed by atoms with E-state index in [0.717, 1.165) is 0 Å². The minimum absolute atomic E-state index is 0.100. The van der Waals surface area contributed by atoms with Gasteiger partial charge in [-0.15, -0.1) is 11.3 Å². The van der Waals surface area contributed by atoms with E-state index in [-0.39, 0.29) is 18.8 Å². The Kier molecular flexibility index (Phi) is 5.05. The van der Waals surface area contributed by atoms with Crippen LogP contribution in [-0.2, 0) is 18.3 Å². The van der Waals surface area contributed by atoms with Crippen molar-refractivity contribution < 1.29 is 18.3 Å². The van der Waals surface area contributed by atoms with E-state index in [1.165, 1.54) is 17.6 Å². The second-order valence-corrected chi connectivity index (χ2v) is 7.55. The molecule has 1 aliphatic heterocycles. The van der Waals surface area contributed by atoms with Crippen molar-refractivity contribution in [3.05, 3.63) is 34.2 Å². The molecule has 1 aromatic rings. The van der Waals surface area contributed by atoms with Gasteiger partial charge in [0.2, 0.25) is 0 Å². The monoisotopic (exact) mass is 338 g/mol. The average molecular weight is 338 g/mol. The first-order chi connectivity index (χ1) is 10.6. The topological polar surface area (TPSA) is 92.3 Å². The summed E-state index contributed by atoms with van der Waals surface area (Å²) in [6, 6.07) is 7.53. The molecule has 8 heteroatoms. The lowest BCUT2D eigenvalue weighted by Crippen LogP contribution is -2.35. The zero-order valence-corrected chi connectivity index (χ0v) is 13.9. The van der Waals surface area contributed by atoms with Crippen molar-refractivity contribution >= 4 is 18.9 Å². The molecule has 0 radical (unpaired) electrons. The van der Waals surface area contributed by atoms with Crippen LogP contribution in [0.2, 0.25) is 0 Å². The zero-order valence-electron chi connectivity index (χ0n) is 12.2. The third-order valence-electron chi connectivity index (χ3n) is 3.19. The Balaban J connectivity index is 2.60. The van der Waals surface area contributed by atoms with Crippen molar-refractivity contribution in [3.8, 4) is 12.1 Å². The minimum atomic E-state index is -3.93. The molecular weight excluding hydrogens is 323 g/mol. The molecule has 0 aromatic carbocycles. The molecule has 0 bridgehead atoms. The predicted molar refractivity (Wildman–Crippen MR) is 81.0 cm³/mol. The number of nitriles is 2. The fourth-order valence-electron chi connectivity index (χ4n) is 2.34. The molecule has 0 saturated heterocycles. The Bertz CT molecular complexity index is 679. The highest BCUT2D eigenvalue weighted by atomic mass is 32.1. The molecule has 2 heterocycles. The Morgan fingerprint density at radius 1 is 1.41 bits per heavy atom. The molecule has 6 nitrogen and oxygen atoms in total. The van der Waals surface area contributed by atoms with E-state index in [1.807, 2.05) is 17.5 Å². The van der Waals surface area contributed by atoms with Crippen LogP contribution in [0.3, 0.4) is 0 Å². The molecule has 1 aliphatic rings. The van der Waals surface area contributed by atoms with Crippen molar-refractivity contribution in [2.45, 2.75) is 25.1 Å². The lowest BCUT2D eigenvalue weighted by atomic mass is 9.95. The Labute approximate surface area is 133 Å². The van der Waals surface area contributed by atoms with E-state index in [1.54, 1.807) is 26.0 Å². The van der Waals surface area contributed by atoms with Gasteiger partial charge in [-0.3, -0.25) is 4.57 Å². The first-order valence-corrected chi connectivity index (χ1v) is 9.12. The van der Waals surface area contributed by atoms with Crippen LogP contribution < -0.4 is 0 Å². The second kappa shape index (κ2) is 6.64. The highest BCUT2D eigenvalue weighted by Gasteiger charge is 2.64. The molecule has 0 N–H and O–H groups in total. The highest BCUT2D eigenvalue weighted by Crippen LogP contribution is 2.68. The van der Waals surface area contributed by atoms with E-state index in [2.05, 4.69) is 0 Å². The normalized spacial score (nSPS) is 24.2. The van der Waals surface area contributed by atoms with Gasteiger partial charge in [0, 0.05) is 4.88 Å². The molecular formula is C14H15N2O4PS. The number of hydrogen-bond donors (Lipinski definition) is 0. The highest BCUT2D eigenvalue weighted by molar-refractivity contribution is 7.55. The molecule has 1 aromatic heterocycles. The van der Waals surface area contributed by atoms with Crippen molar-refractivity contribution in [3.63, 3.8) is 0 Å². The Morgan fingerprint density at radius 2 is 2.09 bits per heavy atom. The summed E-state index contributed by atoms with van der Waals surface area (Å²) >= 11 is 1.35. The van der Waals surface area contributed by atoms with Crippen LogP contribution in [-0.4, -0.2) is 18.6 Å². The first-order valence-electron chi connectivity index (χ1n) is 6.70. The second-order valence-electron chi connectivity index (χ2n) is 4.39. The first kappa shape index (κ1) is 16.7. The van der Waals surface area contributed by atoms with E-state index in [4.69, 9.17) is 13.8 Å². The van der Waals surface area contributed by atoms with E-state index < -0.39 is 18.9 Å². The third kappa shape index (κ3) is 2.47. The van der Waals surface area contributed by atoms with Crippen LogP contribution in [0.1, 0.15) is 24.6 Å². The minimum Gasteiger partial charge on any atom is -0.466 e. The molecule has 0 aliphatic carbocycles. The maximum atomic E-state index is 13.2. The van der Waals surface area contributed by atoms with Crippen LogP contribution in [0.25, 0.3) is 0 Å². The van der Waals surface area contributed by atoms with Gasteiger partial charge in [-0.2, -0.15) is 10.5 Å². The van der Waals surface area contributed by atoms with Crippen molar-refractivity contribution in [2.24, 2.45) is 0 Å². The van der Waals surface area contributed by atoms with Gasteiger partial charge in [0.25, 0.3) is 0 Å². The molecule has 0 spiro atoms. The summed E-state index contributed by atoms with van der Waals surface area (Å²) in [5, 5.41) is 19.0. The number of rotatable bonds is 6. The number of ether oxygens (including phenoxy) is 1. The molecule has 0 amide bonds. The van der Waals surface area contributed by atoms with Crippen molar-refractivity contribution in [2.75, 3.05) is 13.2 Å². The summed E-state index contributed by atoms with van der Waals surface area (Å²) in [6.07, 6.45) is 1.18. The van der Waals surface area contributed by atoms with Crippen molar-refractivity contribution in [1.82, 2.24) is 0 Å². The summed E-state index contributed by atoms with van der Waals surface area (Å²) in [4.78, 5) is 0.700. The fraction of sp³-hybridized carbons (Fsp3) is 0.429. The standard InChI is InChI=1S/C14H15N2O4PS/c1-3-19-21(17,20-4-2)14(10-16)13(11(8-15)9-18-14)12-6-5-7-22-12/h5-7,9,13H,3-4H2,1-2H3/t13-,14?/m1/s1. The Hall–Kier alpha value is -1.63. The SMILES string of the molecule is CCOP(=O)(OCC)C1(C#N)OC=C(C#N)[C@@H]1c1cccs1. The van der Waals surface area contributed by atoms with Crippen LogP contribution in [0.4, 0.5) is 0 Å². The summed E-state index contributed by atoms with van der Waals surface area (Å²) in [5.74, 6) is -0.800. The molecule has 22 heavy (non-hydrogen) atoms.